The molecule has 1 saturated heterocycles. The predicted molar refractivity (Wildman–Crippen MR) is 70.5 cm³/mol. The van der Waals surface area contributed by atoms with Crippen LogP contribution in [0.4, 0.5) is 0 Å². The van der Waals surface area contributed by atoms with Crippen molar-refractivity contribution in [1.82, 2.24) is 5.32 Å². The average Bonchev–Trinajstić information content (AvgIpc) is 2.30. The van der Waals surface area contributed by atoms with Crippen molar-refractivity contribution in [3.8, 4) is 0 Å². The maximum Gasteiger partial charge on any atom is 0.0176 e. The van der Waals surface area contributed by atoms with E-state index in [1.54, 1.807) is 0 Å². The highest BCUT2D eigenvalue weighted by atomic mass is 79.9. The fourth-order valence-corrected chi connectivity index (χ4v) is 3.12. The molecule has 0 amide bonds. The fraction of sp³-hybridized carbons (Fsp3) is 0.500. The molecule has 1 fully saturated rings. The van der Waals surface area contributed by atoms with Crippen molar-refractivity contribution in [2.75, 3.05) is 18.8 Å². The summed E-state index contributed by atoms with van der Waals surface area (Å²) < 4.78 is 1.16. The second-order valence-corrected chi connectivity index (χ2v) is 5.99. The van der Waals surface area contributed by atoms with Crippen LogP contribution in [0.5, 0.6) is 0 Å². The Labute approximate surface area is 104 Å². The average molecular weight is 286 g/mol. The van der Waals surface area contributed by atoms with Gasteiger partial charge < -0.3 is 5.32 Å². The van der Waals surface area contributed by atoms with E-state index in [4.69, 9.17) is 0 Å². The molecule has 1 aliphatic heterocycles. The van der Waals surface area contributed by atoms with Crippen LogP contribution >= 0.6 is 27.7 Å². The minimum absolute atomic E-state index is 0.854. The number of hydrogen-bond donors (Lipinski definition) is 1. The van der Waals surface area contributed by atoms with Crippen LogP contribution in [-0.4, -0.2) is 18.8 Å². The maximum atomic E-state index is 3.46. The summed E-state index contributed by atoms with van der Waals surface area (Å²) in [7, 11) is 0. The molecule has 0 unspecified atom stereocenters. The molecule has 3 heteroatoms. The summed E-state index contributed by atoms with van der Waals surface area (Å²) in [5.74, 6) is 2.10. The Morgan fingerprint density at radius 1 is 1.33 bits per heavy atom. The summed E-state index contributed by atoms with van der Waals surface area (Å²) in [4.78, 5) is 1.38. The Balaban J connectivity index is 1.79. The van der Waals surface area contributed by atoms with E-state index in [2.05, 4.69) is 45.5 Å². The first-order chi connectivity index (χ1) is 7.34. The quantitative estimate of drug-likeness (QED) is 0.853. The number of halogens is 1. The molecule has 0 saturated carbocycles. The first-order valence-electron chi connectivity index (χ1n) is 5.44. The van der Waals surface area contributed by atoms with Crippen molar-refractivity contribution in [3.63, 3.8) is 0 Å². The number of thioether (sulfide) groups is 1. The van der Waals surface area contributed by atoms with Crippen molar-refractivity contribution in [1.29, 1.82) is 0 Å². The van der Waals surface area contributed by atoms with Crippen LogP contribution in [0.25, 0.3) is 0 Å². The molecule has 1 aliphatic rings. The minimum atomic E-state index is 0.854. The van der Waals surface area contributed by atoms with E-state index in [-0.39, 0.29) is 0 Å². The van der Waals surface area contributed by atoms with E-state index in [0.717, 1.165) is 10.4 Å². The van der Waals surface area contributed by atoms with Crippen molar-refractivity contribution in [2.45, 2.75) is 17.7 Å². The van der Waals surface area contributed by atoms with E-state index in [1.165, 1.54) is 36.6 Å². The fourth-order valence-electron chi connectivity index (χ4n) is 1.81. The van der Waals surface area contributed by atoms with Gasteiger partial charge in [-0.3, -0.25) is 0 Å². The molecule has 2 rings (SSSR count). The van der Waals surface area contributed by atoms with Crippen LogP contribution in [0.2, 0.25) is 0 Å². The van der Waals surface area contributed by atoms with Crippen LogP contribution in [0.3, 0.4) is 0 Å². The lowest BCUT2D eigenvalue weighted by molar-refractivity contribution is 0.410. The number of benzene rings is 1. The summed E-state index contributed by atoms with van der Waals surface area (Å²) in [6, 6.07) is 8.60. The second-order valence-electron chi connectivity index (χ2n) is 3.98. The molecule has 82 valence electrons. The van der Waals surface area contributed by atoms with Gasteiger partial charge in [0, 0.05) is 15.1 Å². The number of hydrogen-bond acceptors (Lipinski definition) is 2. The maximum absolute atomic E-state index is 3.46. The van der Waals surface area contributed by atoms with Gasteiger partial charge in [-0.15, -0.1) is 11.8 Å². The molecular weight excluding hydrogens is 270 g/mol. The summed E-state index contributed by atoms with van der Waals surface area (Å²) in [6.07, 6.45) is 2.72. The first-order valence-corrected chi connectivity index (χ1v) is 7.21. The Kier molecular flexibility index (Phi) is 4.54. The lowest BCUT2D eigenvalue weighted by Crippen LogP contribution is -2.30. The molecule has 1 N–H and O–H groups in total. The largest absolute Gasteiger partial charge is 0.316 e. The van der Waals surface area contributed by atoms with Crippen molar-refractivity contribution < 1.29 is 0 Å². The number of rotatable bonds is 3. The van der Waals surface area contributed by atoms with Crippen LogP contribution in [-0.2, 0) is 0 Å². The Hall–Kier alpha value is 0.01000. The smallest absolute Gasteiger partial charge is 0.0176 e. The van der Waals surface area contributed by atoms with E-state index in [0.29, 0.717) is 0 Å². The molecule has 1 aromatic rings. The highest BCUT2D eigenvalue weighted by Gasteiger charge is 2.12. The van der Waals surface area contributed by atoms with Gasteiger partial charge in [-0.25, -0.2) is 0 Å². The highest BCUT2D eigenvalue weighted by molar-refractivity contribution is 9.10. The first kappa shape index (κ1) is 11.5. The number of nitrogens with one attached hydrogen (secondary N) is 1. The summed E-state index contributed by atoms with van der Waals surface area (Å²) >= 11 is 5.43. The third-order valence-corrected chi connectivity index (χ3v) is 4.47. The monoisotopic (exact) mass is 285 g/mol. The standard InChI is InChI=1S/C12H16BrNS/c13-11-3-5-12(6-4-11)15-9-10-2-1-7-14-8-10/h3-6,10,14H,1-2,7-9H2/t10-/m1/s1. The van der Waals surface area contributed by atoms with Gasteiger partial charge in [0.05, 0.1) is 0 Å². The van der Waals surface area contributed by atoms with E-state index >= 15 is 0 Å². The van der Waals surface area contributed by atoms with Gasteiger partial charge >= 0.3 is 0 Å². The van der Waals surface area contributed by atoms with E-state index < -0.39 is 0 Å². The Morgan fingerprint density at radius 2 is 2.13 bits per heavy atom. The molecule has 0 bridgehead atoms. The normalized spacial score (nSPS) is 21.5. The topological polar surface area (TPSA) is 12.0 Å². The predicted octanol–water partition coefficient (Wildman–Crippen LogP) is 3.54. The van der Waals surface area contributed by atoms with Gasteiger partial charge in [-0.05, 0) is 56.1 Å². The van der Waals surface area contributed by atoms with Crippen LogP contribution in [0.15, 0.2) is 33.6 Å². The summed E-state index contributed by atoms with van der Waals surface area (Å²) in [6.45, 7) is 2.41. The van der Waals surface area contributed by atoms with Gasteiger partial charge in [-0.1, -0.05) is 15.9 Å². The van der Waals surface area contributed by atoms with Gasteiger partial charge in [-0.2, -0.15) is 0 Å². The molecule has 1 heterocycles. The van der Waals surface area contributed by atoms with Gasteiger partial charge in [0.1, 0.15) is 0 Å². The highest BCUT2D eigenvalue weighted by Crippen LogP contribution is 2.24. The lowest BCUT2D eigenvalue weighted by atomic mass is 10.0. The number of piperidine rings is 1. The van der Waals surface area contributed by atoms with Gasteiger partial charge in [0.15, 0.2) is 0 Å². The third-order valence-electron chi connectivity index (χ3n) is 2.70. The third kappa shape index (κ3) is 3.82. The molecule has 0 aliphatic carbocycles. The van der Waals surface area contributed by atoms with Gasteiger partial charge in [0.25, 0.3) is 0 Å². The Morgan fingerprint density at radius 3 is 2.80 bits per heavy atom. The van der Waals surface area contributed by atoms with Crippen LogP contribution < -0.4 is 5.32 Å². The molecule has 1 atom stereocenters. The molecular formula is C12H16BrNS. The van der Waals surface area contributed by atoms with E-state index in [1.807, 2.05) is 11.8 Å². The zero-order valence-corrected chi connectivity index (χ0v) is 11.1. The zero-order chi connectivity index (χ0) is 10.5. The summed E-state index contributed by atoms with van der Waals surface area (Å²) in [5.41, 5.74) is 0. The van der Waals surface area contributed by atoms with Gasteiger partial charge in [0.2, 0.25) is 0 Å². The molecule has 15 heavy (non-hydrogen) atoms. The van der Waals surface area contributed by atoms with Crippen molar-refractivity contribution in [3.05, 3.63) is 28.7 Å². The molecule has 1 nitrogen and oxygen atoms in total. The zero-order valence-electron chi connectivity index (χ0n) is 8.71. The molecule has 0 spiro atoms. The molecule has 0 aromatic heterocycles. The second kappa shape index (κ2) is 5.92. The Bertz CT molecular complexity index is 293. The minimum Gasteiger partial charge on any atom is -0.316 e. The summed E-state index contributed by atoms with van der Waals surface area (Å²) in [5, 5.41) is 3.46. The molecule has 0 radical (unpaired) electrons. The SMILES string of the molecule is Brc1ccc(SC[C@@H]2CCCNC2)cc1. The van der Waals surface area contributed by atoms with Crippen molar-refractivity contribution in [2.24, 2.45) is 5.92 Å². The van der Waals surface area contributed by atoms with Crippen LogP contribution in [0.1, 0.15) is 12.8 Å². The molecule has 1 aromatic carbocycles. The van der Waals surface area contributed by atoms with Crippen molar-refractivity contribution >= 4 is 27.7 Å². The van der Waals surface area contributed by atoms with Crippen LogP contribution in [0, 0.1) is 5.92 Å². The lowest BCUT2D eigenvalue weighted by Gasteiger charge is -2.22. The van der Waals surface area contributed by atoms with E-state index in [9.17, 15) is 0 Å².